The normalized spacial score (nSPS) is 11.4. The molecule has 0 aliphatic carbocycles. The van der Waals surface area contributed by atoms with Crippen LogP contribution >= 0.6 is 7.60 Å². The van der Waals surface area contributed by atoms with Gasteiger partial charge in [-0.15, -0.1) is 0 Å². The molecular formula is C12H26NO3P. The first kappa shape index (κ1) is 16.7. The zero-order valence-corrected chi connectivity index (χ0v) is 12.8. The van der Waals surface area contributed by atoms with Crippen LogP contribution in [0.5, 0.6) is 0 Å². The van der Waals surface area contributed by atoms with Crippen LogP contribution in [0.4, 0.5) is 0 Å². The second-order valence-electron chi connectivity index (χ2n) is 3.86. The number of nitrogens with zero attached hydrogens (tertiary/aromatic N) is 1. The van der Waals surface area contributed by atoms with Crippen LogP contribution < -0.4 is 0 Å². The number of rotatable bonds is 8. The summed E-state index contributed by atoms with van der Waals surface area (Å²) in [6.45, 7) is 8.55. The van der Waals surface area contributed by atoms with Gasteiger partial charge in [0.05, 0.1) is 13.2 Å². The van der Waals surface area contributed by atoms with Crippen molar-refractivity contribution in [2.75, 3.05) is 27.3 Å². The third-order valence-corrected chi connectivity index (χ3v) is 4.88. The largest absolute Gasteiger partial charge is 0.377 e. The Kier molecular flexibility index (Phi) is 7.77. The average molecular weight is 263 g/mol. The summed E-state index contributed by atoms with van der Waals surface area (Å²) >= 11 is 0. The number of hydrogen-bond donors (Lipinski definition) is 0. The lowest BCUT2D eigenvalue weighted by Crippen LogP contribution is -2.16. The van der Waals surface area contributed by atoms with Gasteiger partial charge in [0, 0.05) is 14.1 Å². The van der Waals surface area contributed by atoms with Gasteiger partial charge in [-0.1, -0.05) is 13.8 Å². The van der Waals surface area contributed by atoms with Crippen LogP contribution in [-0.2, 0) is 13.6 Å². The van der Waals surface area contributed by atoms with E-state index in [1.165, 1.54) is 0 Å². The smallest absolute Gasteiger partial charge is 0.371 e. The van der Waals surface area contributed by atoms with Crippen molar-refractivity contribution in [2.45, 2.75) is 40.5 Å². The van der Waals surface area contributed by atoms with Crippen LogP contribution in [0, 0.1) is 0 Å². The Morgan fingerprint density at radius 1 is 1.00 bits per heavy atom. The number of allylic oxidation sites excluding steroid dienone is 1. The van der Waals surface area contributed by atoms with Gasteiger partial charge in [-0.2, -0.15) is 0 Å². The fraction of sp³-hybridized carbons (Fsp3) is 0.833. The molecule has 0 spiro atoms. The van der Waals surface area contributed by atoms with Crippen LogP contribution in [0.1, 0.15) is 40.5 Å². The summed E-state index contributed by atoms with van der Waals surface area (Å²) in [5.74, 6) is 0. The standard InChI is InChI=1S/C12H26NO3P/c1-7-11(8-2)12(13(5)6)17(14,15-9-3)16-10-4/h7-10H2,1-6H3. The van der Waals surface area contributed by atoms with Crippen LogP contribution in [0.3, 0.4) is 0 Å². The minimum Gasteiger partial charge on any atom is -0.371 e. The first-order valence-corrected chi connectivity index (χ1v) is 7.79. The Morgan fingerprint density at radius 2 is 1.41 bits per heavy atom. The third kappa shape index (κ3) is 4.46. The minimum absolute atomic E-state index is 0.384. The van der Waals surface area contributed by atoms with Crippen molar-refractivity contribution < 1.29 is 13.6 Å². The Hall–Kier alpha value is -0.310. The van der Waals surface area contributed by atoms with Gasteiger partial charge in [-0.05, 0) is 32.3 Å². The maximum atomic E-state index is 12.8. The van der Waals surface area contributed by atoms with E-state index < -0.39 is 7.60 Å². The summed E-state index contributed by atoms with van der Waals surface area (Å²) in [5.41, 5.74) is 1.84. The van der Waals surface area contributed by atoms with Crippen LogP contribution in [0.25, 0.3) is 0 Å². The average Bonchev–Trinajstić information content (AvgIpc) is 2.25. The highest BCUT2D eigenvalue weighted by Crippen LogP contribution is 2.58. The number of hydrogen-bond acceptors (Lipinski definition) is 4. The van der Waals surface area contributed by atoms with Gasteiger partial charge in [-0.25, -0.2) is 0 Å². The second kappa shape index (κ2) is 7.91. The molecule has 0 aromatic carbocycles. The quantitative estimate of drug-likeness (QED) is 0.623. The zero-order valence-electron chi connectivity index (χ0n) is 11.9. The Balaban J connectivity index is 5.54. The van der Waals surface area contributed by atoms with Gasteiger partial charge < -0.3 is 13.9 Å². The molecule has 0 fully saturated rings. The Labute approximate surface area is 106 Å². The zero-order chi connectivity index (χ0) is 13.5. The van der Waals surface area contributed by atoms with Gasteiger partial charge >= 0.3 is 7.60 Å². The molecule has 0 heterocycles. The molecule has 0 radical (unpaired) electrons. The summed E-state index contributed by atoms with van der Waals surface area (Å²) in [6, 6.07) is 0. The molecule has 102 valence electrons. The molecule has 0 atom stereocenters. The maximum Gasteiger partial charge on any atom is 0.377 e. The van der Waals surface area contributed by atoms with Crippen molar-refractivity contribution in [3.05, 3.63) is 11.0 Å². The van der Waals surface area contributed by atoms with E-state index in [1.807, 2.05) is 32.8 Å². The molecular weight excluding hydrogens is 237 g/mol. The van der Waals surface area contributed by atoms with Crippen molar-refractivity contribution in [3.63, 3.8) is 0 Å². The van der Waals surface area contributed by atoms with Crippen LogP contribution in [-0.4, -0.2) is 32.2 Å². The molecule has 0 aliphatic heterocycles. The molecule has 0 bridgehead atoms. The molecule has 0 saturated carbocycles. The summed E-state index contributed by atoms with van der Waals surface area (Å²) in [4.78, 5) is 1.86. The highest BCUT2D eigenvalue weighted by molar-refractivity contribution is 7.58. The van der Waals surface area contributed by atoms with Crippen LogP contribution in [0.2, 0.25) is 0 Å². The van der Waals surface area contributed by atoms with Crippen molar-refractivity contribution in [2.24, 2.45) is 0 Å². The van der Waals surface area contributed by atoms with E-state index in [0.29, 0.717) is 18.7 Å². The third-order valence-electron chi connectivity index (χ3n) is 2.45. The van der Waals surface area contributed by atoms with Gasteiger partial charge in [0.1, 0.15) is 5.44 Å². The van der Waals surface area contributed by atoms with E-state index in [0.717, 1.165) is 18.4 Å². The van der Waals surface area contributed by atoms with E-state index >= 15 is 0 Å². The van der Waals surface area contributed by atoms with Gasteiger partial charge in [0.2, 0.25) is 0 Å². The summed E-state index contributed by atoms with van der Waals surface area (Å²) in [5, 5.41) is 0. The Morgan fingerprint density at radius 3 is 1.65 bits per heavy atom. The van der Waals surface area contributed by atoms with E-state index in [1.54, 1.807) is 0 Å². The lowest BCUT2D eigenvalue weighted by Gasteiger charge is -2.27. The van der Waals surface area contributed by atoms with Crippen molar-refractivity contribution in [3.8, 4) is 0 Å². The van der Waals surface area contributed by atoms with Gasteiger partial charge in [-0.3, -0.25) is 4.57 Å². The summed E-state index contributed by atoms with van der Waals surface area (Å²) < 4.78 is 23.6. The van der Waals surface area contributed by atoms with E-state index in [-0.39, 0.29) is 0 Å². The van der Waals surface area contributed by atoms with Crippen molar-refractivity contribution in [1.29, 1.82) is 0 Å². The van der Waals surface area contributed by atoms with E-state index in [4.69, 9.17) is 9.05 Å². The fourth-order valence-electron chi connectivity index (χ4n) is 1.82. The highest BCUT2D eigenvalue weighted by Gasteiger charge is 2.33. The minimum atomic E-state index is -3.17. The monoisotopic (exact) mass is 263 g/mol. The first-order valence-electron chi connectivity index (χ1n) is 6.25. The lowest BCUT2D eigenvalue weighted by molar-refractivity contribution is 0.218. The molecule has 0 rings (SSSR count). The van der Waals surface area contributed by atoms with Crippen molar-refractivity contribution in [1.82, 2.24) is 4.90 Å². The van der Waals surface area contributed by atoms with Crippen LogP contribution in [0.15, 0.2) is 11.0 Å². The highest BCUT2D eigenvalue weighted by atomic mass is 31.2. The van der Waals surface area contributed by atoms with Gasteiger partial charge in [0.25, 0.3) is 0 Å². The molecule has 0 unspecified atom stereocenters. The molecule has 0 N–H and O–H groups in total. The molecule has 5 heteroatoms. The topological polar surface area (TPSA) is 38.8 Å². The van der Waals surface area contributed by atoms with Crippen molar-refractivity contribution >= 4 is 7.60 Å². The molecule has 0 aromatic rings. The molecule has 0 aromatic heterocycles. The predicted octanol–water partition coefficient (Wildman–Crippen LogP) is 3.85. The second-order valence-corrected chi connectivity index (χ2v) is 5.80. The van der Waals surface area contributed by atoms with Gasteiger partial charge in [0.15, 0.2) is 0 Å². The van der Waals surface area contributed by atoms with E-state index in [9.17, 15) is 4.57 Å². The molecule has 4 nitrogen and oxygen atoms in total. The predicted molar refractivity (Wildman–Crippen MR) is 72.2 cm³/mol. The summed E-state index contributed by atoms with van der Waals surface area (Å²) in [6.07, 6.45) is 1.71. The lowest BCUT2D eigenvalue weighted by atomic mass is 10.2. The maximum absolute atomic E-state index is 12.8. The van der Waals surface area contributed by atoms with E-state index in [2.05, 4.69) is 13.8 Å². The molecule has 0 saturated heterocycles. The Bertz CT molecular complexity index is 284. The SMILES string of the molecule is CCOP(=O)(OCC)C(=C(CC)CC)N(C)C. The summed E-state index contributed by atoms with van der Waals surface area (Å²) in [7, 11) is 0.591. The first-order chi connectivity index (χ1) is 7.96. The fourth-order valence-corrected chi connectivity index (χ4v) is 4.01. The molecule has 0 amide bonds. The molecule has 17 heavy (non-hydrogen) atoms. The molecule has 0 aliphatic rings.